The Hall–Kier alpha value is -2.23. The molecule has 0 saturated carbocycles. The van der Waals surface area contributed by atoms with Crippen LogP contribution in [0.2, 0.25) is 0 Å². The molecule has 1 saturated heterocycles. The van der Waals surface area contributed by atoms with Gasteiger partial charge in [-0.3, -0.25) is 4.90 Å². The standard InChI is InChI=1S/C24H35FN4O4/c1-24(2,30)18-4-8-28(9-5-18)10-13-33-23-20-6-11-32-12-7-21(20)29(27-23)19-14-17(15-25)22(31-3)26-16-19/h14,16,18,30H,4-13,15H2,1-3H3. The zero-order chi connectivity index (χ0) is 23.4. The molecule has 33 heavy (non-hydrogen) atoms. The third kappa shape index (κ3) is 5.47. The monoisotopic (exact) mass is 462 g/mol. The van der Waals surface area contributed by atoms with Crippen LogP contribution in [0.5, 0.6) is 11.8 Å². The van der Waals surface area contributed by atoms with E-state index >= 15 is 0 Å². The molecule has 182 valence electrons. The Labute approximate surface area is 194 Å². The Morgan fingerprint density at radius 2 is 1.97 bits per heavy atom. The molecule has 0 unspecified atom stereocenters. The van der Waals surface area contributed by atoms with Crippen LogP contribution in [0, 0.1) is 5.92 Å². The van der Waals surface area contributed by atoms with Gasteiger partial charge in [0.25, 0.3) is 0 Å². The summed E-state index contributed by atoms with van der Waals surface area (Å²) in [5, 5.41) is 15.0. The summed E-state index contributed by atoms with van der Waals surface area (Å²) >= 11 is 0. The van der Waals surface area contributed by atoms with Crippen molar-refractivity contribution < 1.29 is 23.7 Å². The summed E-state index contributed by atoms with van der Waals surface area (Å²) < 4.78 is 32.3. The highest BCUT2D eigenvalue weighted by molar-refractivity contribution is 5.43. The first-order valence-corrected chi connectivity index (χ1v) is 11.8. The van der Waals surface area contributed by atoms with Crippen molar-refractivity contribution in [3.63, 3.8) is 0 Å². The fourth-order valence-corrected chi connectivity index (χ4v) is 4.76. The van der Waals surface area contributed by atoms with Crippen LogP contribution in [-0.4, -0.2) is 76.9 Å². The molecule has 4 rings (SSSR count). The van der Waals surface area contributed by atoms with Crippen LogP contribution in [0.3, 0.4) is 0 Å². The average molecular weight is 463 g/mol. The quantitative estimate of drug-likeness (QED) is 0.646. The maximum atomic E-state index is 13.5. The second-order valence-electron chi connectivity index (χ2n) is 9.37. The number of halogens is 1. The second kappa shape index (κ2) is 10.4. The lowest BCUT2D eigenvalue weighted by atomic mass is 9.83. The van der Waals surface area contributed by atoms with E-state index in [0.29, 0.717) is 49.3 Å². The van der Waals surface area contributed by atoms with Gasteiger partial charge in [0, 0.05) is 30.5 Å². The Morgan fingerprint density at radius 1 is 1.21 bits per heavy atom. The molecule has 0 amide bonds. The molecule has 0 spiro atoms. The van der Waals surface area contributed by atoms with Crippen LogP contribution >= 0.6 is 0 Å². The first-order valence-electron chi connectivity index (χ1n) is 11.8. The van der Waals surface area contributed by atoms with Crippen molar-refractivity contribution >= 4 is 0 Å². The van der Waals surface area contributed by atoms with Crippen LogP contribution in [0.25, 0.3) is 5.69 Å². The predicted molar refractivity (Wildman–Crippen MR) is 122 cm³/mol. The molecule has 1 fully saturated rings. The van der Waals surface area contributed by atoms with E-state index in [1.54, 1.807) is 16.9 Å². The van der Waals surface area contributed by atoms with Gasteiger partial charge in [-0.05, 0) is 51.8 Å². The van der Waals surface area contributed by atoms with E-state index in [1.807, 2.05) is 13.8 Å². The number of aliphatic hydroxyl groups is 1. The fourth-order valence-electron chi connectivity index (χ4n) is 4.76. The fraction of sp³-hybridized carbons (Fsp3) is 0.667. The largest absolute Gasteiger partial charge is 0.481 e. The summed E-state index contributed by atoms with van der Waals surface area (Å²) in [6.45, 7) is 7.63. The number of fused-ring (bicyclic) bond motifs is 1. The lowest BCUT2D eigenvalue weighted by Crippen LogP contribution is -2.43. The summed E-state index contributed by atoms with van der Waals surface area (Å²) in [6.07, 6.45) is 5.06. The summed E-state index contributed by atoms with van der Waals surface area (Å²) in [4.78, 5) is 6.63. The van der Waals surface area contributed by atoms with Gasteiger partial charge in [0.05, 0.1) is 43.5 Å². The highest BCUT2D eigenvalue weighted by Gasteiger charge is 2.30. The van der Waals surface area contributed by atoms with E-state index in [4.69, 9.17) is 19.3 Å². The van der Waals surface area contributed by atoms with Gasteiger partial charge in [-0.15, -0.1) is 5.10 Å². The summed E-state index contributed by atoms with van der Waals surface area (Å²) in [6, 6.07) is 1.72. The molecule has 0 bridgehead atoms. The highest BCUT2D eigenvalue weighted by atomic mass is 19.1. The molecule has 2 aliphatic heterocycles. The molecule has 1 N–H and O–H groups in total. The third-order valence-corrected chi connectivity index (χ3v) is 6.76. The van der Waals surface area contributed by atoms with Crippen molar-refractivity contribution in [1.29, 1.82) is 0 Å². The van der Waals surface area contributed by atoms with Gasteiger partial charge in [0.15, 0.2) is 0 Å². The van der Waals surface area contributed by atoms with Gasteiger partial charge in [0.2, 0.25) is 11.8 Å². The van der Waals surface area contributed by atoms with Crippen LogP contribution in [0.1, 0.15) is 43.5 Å². The zero-order valence-electron chi connectivity index (χ0n) is 19.8. The number of hydrogen-bond acceptors (Lipinski definition) is 7. The van der Waals surface area contributed by atoms with E-state index < -0.39 is 12.3 Å². The van der Waals surface area contributed by atoms with Crippen LogP contribution in [0.15, 0.2) is 12.3 Å². The van der Waals surface area contributed by atoms with E-state index in [-0.39, 0.29) is 5.88 Å². The van der Waals surface area contributed by atoms with E-state index in [0.717, 1.165) is 50.2 Å². The number of likely N-dealkylation sites (tertiary alicyclic amines) is 1. The van der Waals surface area contributed by atoms with Crippen molar-refractivity contribution in [2.24, 2.45) is 5.92 Å². The van der Waals surface area contributed by atoms with Gasteiger partial charge in [-0.25, -0.2) is 14.1 Å². The minimum Gasteiger partial charge on any atom is -0.481 e. The number of methoxy groups -OCH3 is 1. The molecule has 0 aromatic carbocycles. The maximum Gasteiger partial charge on any atom is 0.236 e. The Morgan fingerprint density at radius 3 is 2.67 bits per heavy atom. The van der Waals surface area contributed by atoms with Crippen molar-refractivity contribution in [2.45, 2.75) is 51.8 Å². The van der Waals surface area contributed by atoms with E-state index in [2.05, 4.69) is 9.88 Å². The molecule has 0 aliphatic carbocycles. The molecular weight excluding hydrogens is 427 g/mol. The number of rotatable bonds is 8. The molecule has 2 aromatic rings. The van der Waals surface area contributed by atoms with Crippen LogP contribution < -0.4 is 9.47 Å². The van der Waals surface area contributed by atoms with Gasteiger partial charge in [-0.1, -0.05) is 0 Å². The van der Waals surface area contributed by atoms with Crippen LogP contribution in [-0.2, 0) is 24.3 Å². The van der Waals surface area contributed by atoms with Crippen molar-refractivity contribution in [3.05, 3.63) is 29.1 Å². The Kier molecular flexibility index (Phi) is 7.51. The number of piperidine rings is 1. The first-order chi connectivity index (χ1) is 15.9. The number of ether oxygens (including phenoxy) is 3. The normalized spacial score (nSPS) is 18.1. The number of nitrogens with zero attached hydrogens (tertiary/aromatic N) is 4. The summed E-state index contributed by atoms with van der Waals surface area (Å²) in [5.41, 5.74) is 2.52. The molecule has 0 atom stereocenters. The topological polar surface area (TPSA) is 81.9 Å². The van der Waals surface area contributed by atoms with Crippen molar-refractivity contribution in [3.8, 4) is 17.4 Å². The zero-order valence-corrected chi connectivity index (χ0v) is 19.8. The number of hydrogen-bond donors (Lipinski definition) is 1. The Bertz CT molecular complexity index is 935. The molecule has 0 radical (unpaired) electrons. The SMILES string of the molecule is COc1ncc(-n2nc(OCCN3CCC(C(C)(C)O)CC3)c3c2CCOCC3)cc1CF. The molecule has 8 nitrogen and oxygen atoms in total. The lowest BCUT2D eigenvalue weighted by molar-refractivity contribution is -0.0138. The summed E-state index contributed by atoms with van der Waals surface area (Å²) in [7, 11) is 1.48. The minimum atomic E-state index is -0.663. The molecule has 9 heteroatoms. The van der Waals surface area contributed by atoms with Crippen molar-refractivity contribution in [1.82, 2.24) is 19.7 Å². The van der Waals surface area contributed by atoms with E-state index in [9.17, 15) is 9.50 Å². The number of alkyl halides is 1. The Balaban J connectivity index is 1.46. The predicted octanol–water partition coefficient (Wildman–Crippen LogP) is 2.72. The third-order valence-electron chi connectivity index (χ3n) is 6.76. The smallest absolute Gasteiger partial charge is 0.236 e. The molecular formula is C24H35FN4O4. The van der Waals surface area contributed by atoms with Gasteiger partial charge >= 0.3 is 0 Å². The minimum absolute atomic E-state index is 0.285. The molecule has 4 heterocycles. The van der Waals surface area contributed by atoms with Gasteiger partial charge < -0.3 is 19.3 Å². The number of pyridine rings is 1. The maximum absolute atomic E-state index is 13.5. The summed E-state index contributed by atoms with van der Waals surface area (Å²) in [5.74, 6) is 1.24. The molecule has 2 aromatic heterocycles. The highest BCUT2D eigenvalue weighted by Crippen LogP contribution is 2.30. The van der Waals surface area contributed by atoms with Crippen molar-refractivity contribution in [2.75, 3.05) is 46.6 Å². The molecule has 2 aliphatic rings. The lowest BCUT2D eigenvalue weighted by Gasteiger charge is -2.37. The average Bonchev–Trinajstić information content (AvgIpc) is 2.98. The van der Waals surface area contributed by atoms with Gasteiger partial charge in [0.1, 0.15) is 13.3 Å². The van der Waals surface area contributed by atoms with Crippen LogP contribution in [0.4, 0.5) is 4.39 Å². The first kappa shape index (κ1) is 23.9. The second-order valence-corrected chi connectivity index (χ2v) is 9.37. The van der Waals surface area contributed by atoms with Gasteiger partial charge in [-0.2, -0.15) is 0 Å². The number of aromatic nitrogens is 3. The van der Waals surface area contributed by atoms with E-state index in [1.165, 1.54) is 7.11 Å².